The lowest BCUT2D eigenvalue weighted by atomic mass is 9.95. The van der Waals surface area contributed by atoms with Crippen LogP contribution in [0.1, 0.15) is 67.4 Å². The van der Waals surface area contributed by atoms with Gasteiger partial charge in [0.05, 0.1) is 35.1 Å². The Balaban J connectivity index is 2.50. The topological polar surface area (TPSA) is 86.8 Å². The van der Waals surface area contributed by atoms with Gasteiger partial charge in [0.1, 0.15) is 22.8 Å². The Morgan fingerprint density at radius 1 is 1.13 bits per heavy atom. The summed E-state index contributed by atoms with van der Waals surface area (Å²) < 4.78 is 43.6. The van der Waals surface area contributed by atoms with Crippen molar-refractivity contribution in [2.45, 2.75) is 85.5 Å². The van der Waals surface area contributed by atoms with Crippen LogP contribution >= 0.6 is 22.6 Å². The van der Waals surface area contributed by atoms with Crippen molar-refractivity contribution in [3.05, 3.63) is 21.0 Å². The largest absolute Gasteiger partial charge is 0.466 e. The van der Waals surface area contributed by atoms with Crippen LogP contribution in [0.2, 0.25) is 0 Å². The smallest absolute Gasteiger partial charge is 0.414 e. The van der Waals surface area contributed by atoms with Gasteiger partial charge in [-0.05, 0) is 82.9 Å². The summed E-state index contributed by atoms with van der Waals surface area (Å²) in [5.74, 6) is 0.0719. The van der Waals surface area contributed by atoms with E-state index >= 15 is 4.39 Å². The number of benzene rings is 1. The molecule has 11 heteroatoms. The third-order valence-electron chi connectivity index (χ3n) is 5.73. The first-order valence-corrected chi connectivity index (χ1v) is 14.3. The van der Waals surface area contributed by atoms with Crippen LogP contribution in [0.4, 0.5) is 19.7 Å². The van der Waals surface area contributed by atoms with Gasteiger partial charge >= 0.3 is 12.2 Å². The van der Waals surface area contributed by atoms with Crippen molar-refractivity contribution < 1.29 is 37.7 Å². The van der Waals surface area contributed by atoms with E-state index in [2.05, 4.69) is 13.8 Å². The summed E-state index contributed by atoms with van der Waals surface area (Å²) in [5.41, 5.74) is -0.822. The second-order valence-electron chi connectivity index (χ2n) is 12.0. The number of carbonyl (C=O) groups is 2. The van der Waals surface area contributed by atoms with E-state index in [1.165, 1.54) is 4.90 Å². The number of rotatable bonds is 10. The molecule has 0 saturated carbocycles. The number of nitrogens with zero attached hydrogens (tertiary/aromatic N) is 2. The van der Waals surface area contributed by atoms with Gasteiger partial charge in [-0.15, -0.1) is 0 Å². The standard InChI is InChI=1S/C28H44FIN2O7/c1-18(2)10-11-31(25(33)38-27(3,4)5)19-14-20-21(32(16-19)26(34)39-28(6,7)8)15-22(24(30)23(20)29)37-17-36-13-12-35-9/h15,18-19H,10-14,16-17H2,1-9H3. The molecule has 0 radical (unpaired) electrons. The lowest BCUT2D eigenvalue weighted by Gasteiger charge is -2.41. The van der Waals surface area contributed by atoms with Gasteiger partial charge in [0.2, 0.25) is 0 Å². The van der Waals surface area contributed by atoms with Crippen molar-refractivity contribution >= 4 is 40.5 Å². The minimum absolute atomic E-state index is 0.103. The molecule has 0 aromatic heterocycles. The molecule has 1 aliphatic rings. The maximum Gasteiger partial charge on any atom is 0.414 e. The molecular formula is C28H44FIN2O7. The van der Waals surface area contributed by atoms with Gasteiger partial charge in [-0.1, -0.05) is 13.8 Å². The minimum Gasteiger partial charge on any atom is -0.466 e. The number of carbonyl (C=O) groups excluding carboxylic acids is 2. The molecule has 39 heavy (non-hydrogen) atoms. The van der Waals surface area contributed by atoms with Crippen LogP contribution < -0.4 is 9.64 Å². The zero-order valence-corrected chi connectivity index (χ0v) is 26.8. The monoisotopic (exact) mass is 666 g/mol. The molecule has 1 heterocycles. The maximum absolute atomic E-state index is 15.9. The summed E-state index contributed by atoms with van der Waals surface area (Å²) in [5, 5.41) is 0. The highest BCUT2D eigenvalue weighted by Crippen LogP contribution is 2.39. The highest BCUT2D eigenvalue weighted by Gasteiger charge is 2.39. The van der Waals surface area contributed by atoms with Crippen LogP contribution in [0, 0.1) is 15.3 Å². The van der Waals surface area contributed by atoms with Crippen LogP contribution in [0.25, 0.3) is 0 Å². The van der Waals surface area contributed by atoms with E-state index in [-0.39, 0.29) is 29.1 Å². The average Bonchev–Trinajstić information content (AvgIpc) is 2.79. The fourth-order valence-electron chi connectivity index (χ4n) is 3.92. The van der Waals surface area contributed by atoms with Gasteiger partial charge in [0.15, 0.2) is 6.79 Å². The van der Waals surface area contributed by atoms with Gasteiger partial charge in [-0.25, -0.2) is 14.0 Å². The summed E-state index contributed by atoms with van der Waals surface area (Å²) in [4.78, 5) is 29.7. The lowest BCUT2D eigenvalue weighted by molar-refractivity contribution is -0.00902. The fourth-order valence-corrected chi connectivity index (χ4v) is 4.56. The van der Waals surface area contributed by atoms with E-state index in [4.69, 9.17) is 23.7 Å². The Bertz CT molecular complexity index is 992. The molecule has 0 fully saturated rings. The molecule has 1 aromatic carbocycles. The van der Waals surface area contributed by atoms with Gasteiger partial charge in [0, 0.05) is 25.3 Å². The number of ether oxygens (including phenoxy) is 5. The Morgan fingerprint density at radius 2 is 1.77 bits per heavy atom. The molecule has 1 aliphatic heterocycles. The number of methoxy groups -OCH3 is 1. The van der Waals surface area contributed by atoms with E-state index in [1.807, 2.05) is 22.6 Å². The fraction of sp³-hybridized carbons (Fsp3) is 0.714. The van der Waals surface area contributed by atoms with Gasteiger partial charge in [-0.2, -0.15) is 0 Å². The zero-order chi connectivity index (χ0) is 29.5. The summed E-state index contributed by atoms with van der Waals surface area (Å²) >= 11 is 1.89. The first-order chi connectivity index (χ1) is 18.0. The molecule has 9 nitrogen and oxygen atoms in total. The molecule has 1 atom stereocenters. The number of halogens is 2. The summed E-state index contributed by atoms with van der Waals surface area (Å²) in [6.45, 7) is 16.0. The van der Waals surface area contributed by atoms with E-state index in [0.717, 1.165) is 6.42 Å². The number of fused-ring (bicyclic) bond motifs is 1. The molecule has 2 amide bonds. The van der Waals surface area contributed by atoms with Gasteiger partial charge in [-0.3, -0.25) is 4.90 Å². The first kappa shape index (κ1) is 33.3. The second-order valence-corrected chi connectivity index (χ2v) is 13.0. The Labute approximate surface area is 245 Å². The highest BCUT2D eigenvalue weighted by molar-refractivity contribution is 14.1. The predicted molar refractivity (Wildman–Crippen MR) is 156 cm³/mol. The second kappa shape index (κ2) is 14.2. The quantitative estimate of drug-likeness (QED) is 0.163. The van der Waals surface area contributed by atoms with Crippen LogP contribution in [0.15, 0.2) is 6.07 Å². The Morgan fingerprint density at radius 3 is 2.33 bits per heavy atom. The molecule has 222 valence electrons. The van der Waals surface area contributed by atoms with Crippen molar-refractivity contribution in [2.75, 3.05) is 45.1 Å². The number of anilines is 1. The molecule has 1 unspecified atom stereocenters. The van der Waals surface area contributed by atoms with Crippen molar-refractivity contribution in [2.24, 2.45) is 5.92 Å². The van der Waals surface area contributed by atoms with Crippen molar-refractivity contribution in [3.8, 4) is 5.75 Å². The summed E-state index contributed by atoms with van der Waals surface area (Å²) in [7, 11) is 1.57. The molecule has 1 aromatic rings. The molecule has 2 rings (SSSR count). The van der Waals surface area contributed by atoms with Crippen LogP contribution in [-0.4, -0.2) is 74.5 Å². The third-order valence-corrected chi connectivity index (χ3v) is 6.74. The van der Waals surface area contributed by atoms with Crippen molar-refractivity contribution in [1.82, 2.24) is 4.90 Å². The molecular weight excluding hydrogens is 622 g/mol. The number of hydrogen-bond acceptors (Lipinski definition) is 7. The Kier molecular flexibility index (Phi) is 12.1. The SMILES string of the molecule is COCCOCOc1cc2c(c(F)c1I)CC(N(CCC(C)C)C(=O)OC(C)(C)C)CN2C(=O)OC(C)(C)C. The van der Waals surface area contributed by atoms with Crippen LogP contribution in [0.5, 0.6) is 5.75 Å². The van der Waals surface area contributed by atoms with Crippen LogP contribution in [-0.2, 0) is 25.4 Å². The number of hydrogen-bond donors (Lipinski definition) is 0. The molecule has 0 aliphatic carbocycles. The van der Waals surface area contributed by atoms with Crippen molar-refractivity contribution in [1.29, 1.82) is 0 Å². The zero-order valence-electron chi connectivity index (χ0n) is 24.7. The van der Waals surface area contributed by atoms with Gasteiger partial charge in [0.25, 0.3) is 0 Å². The first-order valence-electron chi connectivity index (χ1n) is 13.2. The van der Waals surface area contributed by atoms with Crippen molar-refractivity contribution in [3.63, 3.8) is 0 Å². The van der Waals surface area contributed by atoms with E-state index in [0.29, 0.717) is 36.9 Å². The number of amides is 2. The highest BCUT2D eigenvalue weighted by atomic mass is 127. The predicted octanol–water partition coefficient (Wildman–Crippen LogP) is 6.38. The van der Waals surface area contributed by atoms with E-state index in [1.54, 1.807) is 59.6 Å². The van der Waals surface area contributed by atoms with Gasteiger partial charge < -0.3 is 28.6 Å². The normalized spacial score (nSPS) is 15.7. The molecule has 0 saturated heterocycles. The molecule has 0 N–H and O–H groups in total. The lowest BCUT2D eigenvalue weighted by Crippen LogP contribution is -2.54. The Hall–Kier alpha value is -1.86. The average molecular weight is 667 g/mol. The van der Waals surface area contributed by atoms with E-state index < -0.39 is 35.2 Å². The minimum atomic E-state index is -0.775. The van der Waals surface area contributed by atoms with E-state index in [9.17, 15) is 9.59 Å². The maximum atomic E-state index is 15.9. The van der Waals surface area contributed by atoms with Crippen LogP contribution in [0.3, 0.4) is 0 Å². The third kappa shape index (κ3) is 10.2. The summed E-state index contributed by atoms with van der Waals surface area (Å²) in [6.07, 6.45) is -0.197. The molecule has 0 bridgehead atoms. The molecule has 0 spiro atoms. The summed E-state index contributed by atoms with van der Waals surface area (Å²) in [6, 6.07) is 1.11.